The highest BCUT2D eigenvalue weighted by Gasteiger charge is 2.32. The minimum Gasteiger partial charge on any atom is -0.335 e. The summed E-state index contributed by atoms with van der Waals surface area (Å²) in [4.78, 5) is 14.5. The van der Waals surface area contributed by atoms with Crippen molar-refractivity contribution in [2.45, 2.75) is 65.1 Å². The molecule has 21 heavy (non-hydrogen) atoms. The monoisotopic (exact) mass is 288 g/mol. The lowest BCUT2D eigenvalue weighted by Gasteiger charge is -2.25. The van der Waals surface area contributed by atoms with Gasteiger partial charge < -0.3 is 10.2 Å². The summed E-state index contributed by atoms with van der Waals surface area (Å²) in [6.45, 7) is 9.97. The number of rotatable bonds is 6. The zero-order valence-electron chi connectivity index (χ0n) is 13.8. The molecule has 116 valence electrons. The van der Waals surface area contributed by atoms with Crippen LogP contribution in [0.25, 0.3) is 0 Å². The van der Waals surface area contributed by atoms with Gasteiger partial charge in [0.05, 0.1) is 0 Å². The number of hydrogen-bond acceptors (Lipinski definition) is 2. The highest BCUT2D eigenvalue weighted by Crippen LogP contribution is 2.29. The predicted molar refractivity (Wildman–Crippen MR) is 87.1 cm³/mol. The van der Waals surface area contributed by atoms with Crippen LogP contribution in [-0.2, 0) is 11.3 Å². The fourth-order valence-electron chi connectivity index (χ4n) is 2.39. The topological polar surface area (TPSA) is 32.3 Å². The van der Waals surface area contributed by atoms with Gasteiger partial charge in [0, 0.05) is 31.1 Å². The van der Waals surface area contributed by atoms with Gasteiger partial charge >= 0.3 is 0 Å². The van der Waals surface area contributed by atoms with Crippen molar-refractivity contribution in [2.75, 3.05) is 6.54 Å². The molecule has 0 saturated heterocycles. The lowest BCUT2D eigenvalue weighted by atomic mass is 10.1. The summed E-state index contributed by atoms with van der Waals surface area (Å²) in [5, 5.41) is 3.39. The highest BCUT2D eigenvalue weighted by atomic mass is 16.2. The maximum absolute atomic E-state index is 12.5. The van der Waals surface area contributed by atoms with E-state index in [0.717, 1.165) is 25.9 Å². The molecule has 0 unspecified atom stereocenters. The summed E-state index contributed by atoms with van der Waals surface area (Å²) in [6.07, 6.45) is 2.90. The fraction of sp³-hybridized carbons (Fsp3) is 0.611. The van der Waals surface area contributed by atoms with Gasteiger partial charge in [-0.3, -0.25) is 4.79 Å². The molecule has 1 amide bonds. The van der Waals surface area contributed by atoms with Crippen molar-refractivity contribution < 1.29 is 4.79 Å². The first-order valence-electron chi connectivity index (χ1n) is 7.95. The molecule has 1 aromatic rings. The largest absolute Gasteiger partial charge is 0.335 e. The molecule has 0 bridgehead atoms. The van der Waals surface area contributed by atoms with Gasteiger partial charge in [0.1, 0.15) is 0 Å². The summed E-state index contributed by atoms with van der Waals surface area (Å²) < 4.78 is 0. The summed E-state index contributed by atoms with van der Waals surface area (Å²) in [5.41, 5.74) is 2.56. The van der Waals surface area contributed by atoms with Crippen LogP contribution < -0.4 is 5.32 Å². The van der Waals surface area contributed by atoms with Crippen LogP contribution >= 0.6 is 0 Å². The molecule has 3 nitrogen and oxygen atoms in total. The number of nitrogens with one attached hydrogen (secondary N) is 1. The zero-order valence-corrected chi connectivity index (χ0v) is 13.8. The Morgan fingerprint density at radius 1 is 1.24 bits per heavy atom. The average molecular weight is 288 g/mol. The van der Waals surface area contributed by atoms with Crippen LogP contribution in [0.15, 0.2) is 24.3 Å². The lowest BCUT2D eigenvalue weighted by Crippen LogP contribution is -2.40. The minimum absolute atomic E-state index is 0.0711. The minimum atomic E-state index is 0.0711. The Balaban J connectivity index is 1.89. The molecular weight excluding hydrogens is 260 g/mol. The van der Waals surface area contributed by atoms with Gasteiger partial charge in [-0.1, -0.05) is 29.8 Å². The number of hydrogen-bond donors (Lipinski definition) is 1. The van der Waals surface area contributed by atoms with E-state index in [0.29, 0.717) is 12.5 Å². The number of aryl methyl sites for hydroxylation is 1. The van der Waals surface area contributed by atoms with Gasteiger partial charge in [-0.15, -0.1) is 0 Å². The number of amides is 1. The van der Waals surface area contributed by atoms with Crippen molar-refractivity contribution in [3.05, 3.63) is 35.4 Å². The molecule has 0 atom stereocenters. The van der Waals surface area contributed by atoms with E-state index in [1.807, 2.05) is 0 Å². The van der Waals surface area contributed by atoms with Crippen molar-refractivity contribution in [3.63, 3.8) is 0 Å². The Hall–Kier alpha value is -1.35. The van der Waals surface area contributed by atoms with Crippen molar-refractivity contribution in [1.29, 1.82) is 0 Å². The molecule has 2 rings (SSSR count). The molecule has 1 N–H and O–H groups in total. The summed E-state index contributed by atoms with van der Waals surface area (Å²) in [7, 11) is 0. The quantitative estimate of drug-likeness (QED) is 0.871. The number of carbonyl (C=O) groups excluding carboxylic acids is 1. The maximum Gasteiger partial charge on any atom is 0.224 e. The van der Waals surface area contributed by atoms with Crippen molar-refractivity contribution >= 4 is 5.91 Å². The Morgan fingerprint density at radius 3 is 2.38 bits per heavy atom. The number of nitrogens with zero attached hydrogens (tertiary/aromatic N) is 1. The molecule has 0 aliphatic heterocycles. The van der Waals surface area contributed by atoms with E-state index in [1.54, 1.807) is 0 Å². The summed E-state index contributed by atoms with van der Waals surface area (Å²) in [6, 6.07) is 8.96. The molecule has 1 aliphatic carbocycles. The van der Waals surface area contributed by atoms with Gasteiger partial charge in [0.25, 0.3) is 0 Å². The van der Waals surface area contributed by atoms with Gasteiger partial charge in [-0.25, -0.2) is 0 Å². The summed E-state index contributed by atoms with van der Waals surface area (Å²) >= 11 is 0. The lowest BCUT2D eigenvalue weighted by molar-refractivity contribution is -0.132. The smallest absolute Gasteiger partial charge is 0.224 e. The molecular formula is C18H28N2O. The van der Waals surface area contributed by atoms with E-state index >= 15 is 0 Å². The third kappa shape index (κ3) is 5.50. The third-order valence-electron chi connectivity index (χ3n) is 3.78. The highest BCUT2D eigenvalue weighted by molar-refractivity contribution is 5.77. The first-order chi connectivity index (χ1) is 9.85. The van der Waals surface area contributed by atoms with Crippen LogP contribution in [0.2, 0.25) is 0 Å². The molecule has 0 heterocycles. The molecule has 0 radical (unpaired) electrons. The Bertz CT molecular complexity index is 469. The average Bonchev–Trinajstić information content (AvgIpc) is 3.20. The third-order valence-corrected chi connectivity index (χ3v) is 3.78. The fourth-order valence-corrected chi connectivity index (χ4v) is 2.39. The van der Waals surface area contributed by atoms with Gasteiger partial charge in [0.15, 0.2) is 0 Å². The SMILES string of the molecule is Cc1ccc(CN(C(=O)CCNC(C)(C)C)C2CC2)cc1. The Morgan fingerprint density at radius 2 is 1.86 bits per heavy atom. The van der Waals surface area contributed by atoms with Crippen LogP contribution in [0.4, 0.5) is 0 Å². The number of carbonyl (C=O) groups is 1. The molecule has 1 saturated carbocycles. The second-order valence-electron chi connectivity index (χ2n) is 7.17. The molecule has 1 fully saturated rings. The predicted octanol–water partition coefficient (Wildman–Crippen LogP) is 3.26. The molecule has 1 aromatic carbocycles. The van der Waals surface area contributed by atoms with Gasteiger partial charge in [-0.05, 0) is 46.1 Å². The van der Waals surface area contributed by atoms with E-state index in [2.05, 4.69) is 62.2 Å². The van der Waals surface area contributed by atoms with Crippen molar-refractivity contribution in [2.24, 2.45) is 0 Å². The van der Waals surface area contributed by atoms with E-state index in [1.165, 1.54) is 11.1 Å². The number of benzene rings is 1. The van der Waals surface area contributed by atoms with E-state index in [4.69, 9.17) is 0 Å². The molecule has 0 spiro atoms. The van der Waals surface area contributed by atoms with Crippen LogP contribution in [0.1, 0.15) is 51.2 Å². The Kier molecular flexibility index (Phi) is 5.04. The van der Waals surface area contributed by atoms with E-state index in [-0.39, 0.29) is 11.4 Å². The molecule has 3 heteroatoms. The second-order valence-corrected chi connectivity index (χ2v) is 7.17. The normalized spacial score (nSPS) is 15.0. The van der Waals surface area contributed by atoms with Crippen LogP contribution in [0.3, 0.4) is 0 Å². The standard InChI is InChI=1S/C18H28N2O/c1-14-5-7-15(8-6-14)13-20(16-9-10-16)17(21)11-12-19-18(2,3)4/h5-8,16,19H,9-13H2,1-4H3. The second kappa shape index (κ2) is 6.61. The van der Waals surface area contributed by atoms with E-state index in [9.17, 15) is 4.79 Å². The first kappa shape index (κ1) is 16.0. The van der Waals surface area contributed by atoms with Crippen molar-refractivity contribution in [1.82, 2.24) is 10.2 Å². The molecule has 1 aliphatic rings. The Labute approximate surface area is 128 Å². The summed E-state index contributed by atoms with van der Waals surface area (Å²) in [5.74, 6) is 0.273. The van der Waals surface area contributed by atoms with Gasteiger partial charge in [0.2, 0.25) is 5.91 Å². The van der Waals surface area contributed by atoms with Crippen LogP contribution in [0, 0.1) is 6.92 Å². The maximum atomic E-state index is 12.5. The van der Waals surface area contributed by atoms with Crippen molar-refractivity contribution in [3.8, 4) is 0 Å². The molecule has 0 aromatic heterocycles. The zero-order chi connectivity index (χ0) is 15.5. The van der Waals surface area contributed by atoms with Gasteiger partial charge in [-0.2, -0.15) is 0 Å². The van der Waals surface area contributed by atoms with Crippen LogP contribution in [0.5, 0.6) is 0 Å². The van der Waals surface area contributed by atoms with E-state index < -0.39 is 0 Å². The first-order valence-corrected chi connectivity index (χ1v) is 7.95. The van der Waals surface area contributed by atoms with Crippen LogP contribution in [-0.4, -0.2) is 28.9 Å².